The first-order valence-corrected chi connectivity index (χ1v) is 8.75. The minimum atomic E-state index is -0.522. The van der Waals surface area contributed by atoms with Crippen molar-refractivity contribution in [2.75, 3.05) is 31.4 Å². The van der Waals surface area contributed by atoms with Gasteiger partial charge in [-0.05, 0) is 40.4 Å². The van der Waals surface area contributed by atoms with Gasteiger partial charge in [0, 0.05) is 26.3 Å². The fourth-order valence-electron chi connectivity index (χ4n) is 2.87. The number of ether oxygens (including phenoxy) is 1. The standard InChI is InChI=1S/C19H23N6O3/c1-20-16-8-4-15(5-9-16)13-24-19(21-18(22-24)25(26)27)23(2)12-14-6-10-17(28-3)11-7-14/h4-11,20,22H,12-13H2,1-3H3/q-1. The minimum Gasteiger partial charge on any atom is -0.744 e. The number of hydrogen-bond acceptors (Lipinski definition) is 6. The first-order chi connectivity index (χ1) is 13.5. The zero-order valence-electron chi connectivity index (χ0n) is 16.0. The van der Waals surface area contributed by atoms with Crippen LogP contribution in [0, 0.1) is 10.4 Å². The Hall–Kier alpha value is -3.62. The van der Waals surface area contributed by atoms with Crippen LogP contribution < -0.4 is 25.5 Å². The minimum absolute atomic E-state index is 0.288. The molecule has 9 nitrogen and oxygen atoms in total. The summed E-state index contributed by atoms with van der Waals surface area (Å²) in [4.78, 5) is 5.51. The number of nitrogens with zero attached hydrogens (tertiary/aromatic N) is 4. The third-order valence-corrected chi connectivity index (χ3v) is 4.36. The summed E-state index contributed by atoms with van der Waals surface area (Å²) < 4.78 is 6.85. The fourth-order valence-corrected chi connectivity index (χ4v) is 2.87. The van der Waals surface area contributed by atoms with Crippen LogP contribution in [0.25, 0.3) is 0 Å². The summed E-state index contributed by atoms with van der Waals surface area (Å²) in [6.45, 7) is 0.984. The molecule has 1 heterocycles. The van der Waals surface area contributed by atoms with Crippen molar-refractivity contribution < 1.29 is 4.74 Å². The number of hydrogen-bond donors (Lipinski definition) is 2. The monoisotopic (exact) mass is 383 g/mol. The van der Waals surface area contributed by atoms with Gasteiger partial charge in [0.15, 0.2) is 0 Å². The predicted molar refractivity (Wildman–Crippen MR) is 109 cm³/mol. The number of H-pyrrole nitrogens is 1. The lowest BCUT2D eigenvalue weighted by atomic mass is 10.2. The second kappa shape index (κ2) is 8.38. The van der Waals surface area contributed by atoms with E-state index in [-0.39, 0.29) is 5.62 Å². The van der Waals surface area contributed by atoms with E-state index in [2.05, 4.69) is 15.4 Å². The molecule has 0 aliphatic rings. The average Bonchev–Trinajstić information content (AvgIpc) is 3.13. The second-order valence-electron chi connectivity index (χ2n) is 6.34. The highest BCUT2D eigenvalue weighted by atomic mass is 16.8. The molecule has 2 aromatic carbocycles. The van der Waals surface area contributed by atoms with Crippen molar-refractivity contribution in [3.63, 3.8) is 0 Å². The Labute approximate surface area is 162 Å². The summed E-state index contributed by atoms with van der Waals surface area (Å²) in [6.07, 6.45) is 0. The van der Waals surface area contributed by atoms with Crippen molar-refractivity contribution in [2.24, 2.45) is 0 Å². The molecule has 0 aliphatic heterocycles. The molecule has 0 atom stereocenters. The van der Waals surface area contributed by atoms with Gasteiger partial charge < -0.3 is 25.4 Å². The van der Waals surface area contributed by atoms with Crippen LogP contribution in [0.3, 0.4) is 0 Å². The summed E-state index contributed by atoms with van der Waals surface area (Å²) in [5.74, 6) is 1.27. The van der Waals surface area contributed by atoms with Gasteiger partial charge in [0.25, 0.3) is 0 Å². The number of benzene rings is 2. The van der Waals surface area contributed by atoms with E-state index < -0.39 is 4.90 Å². The molecule has 0 saturated carbocycles. The highest BCUT2D eigenvalue weighted by Crippen LogP contribution is 2.16. The van der Waals surface area contributed by atoms with Crippen molar-refractivity contribution in [3.8, 4) is 5.75 Å². The van der Waals surface area contributed by atoms with Gasteiger partial charge in [-0.1, -0.05) is 24.3 Å². The van der Waals surface area contributed by atoms with Crippen molar-refractivity contribution in [2.45, 2.75) is 13.1 Å². The predicted octanol–water partition coefficient (Wildman–Crippen LogP) is 1.71. The van der Waals surface area contributed by atoms with Gasteiger partial charge in [-0.3, -0.25) is 4.90 Å². The largest absolute Gasteiger partial charge is 0.744 e. The molecule has 2 N–H and O–H groups in total. The molecule has 3 aromatic rings. The zero-order chi connectivity index (χ0) is 20.1. The Morgan fingerprint density at radius 2 is 1.75 bits per heavy atom. The molecule has 0 unspecified atom stereocenters. The molecule has 0 fully saturated rings. The first-order valence-electron chi connectivity index (χ1n) is 8.75. The van der Waals surface area contributed by atoms with E-state index in [9.17, 15) is 10.4 Å². The molecule has 0 amide bonds. The Bertz CT molecular complexity index is 972. The van der Waals surface area contributed by atoms with Crippen molar-refractivity contribution in [1.29, 1.82) is 0 Å². The average molecular weight is 383 g/mol. The van der Waals surface area contributed by atoms with Gasteiger partial charge in [-0.15, -0.1) is 0 Å². The topological polar surface area (TPSA) is 107 Å². The van der Waals surface area contributed by atoms with E-state index in [1.54, 1.807) is 11.8 Å². The number of methoxy groups -OCH3 is 1. The molecule has 0 spiro atoms. The normalized spacial score (nSPS) is 10.5. The van der Waals surface area contributed by atoms with Gasteiger partial charge >= 0.3 is 11.6 Å². The quantitative estimate of drug-likeness (QED) is 0.602. The van der Waals surface area contributed by atoms with E-state index in [4.69, 9.17) is 4.74 Å². The summed E-state index contributed by atoms with van der Waals surface area (Å²) in [6, 6.07) is 15.5. The van der Waals surface area contributed by atoms with Crippen LogP contribution in [0.5, 0.6) is 5.75 Å². The second-order valence-corrected chi connectivity index (χ2v) is 6.34. The third kappa shape index (κ3) is 4.37. The SMILES string of the molecule is CNc1ccc(Cn2[nH]c(=[N+]([O-])[O-])nc2N(C)Cc2ccc(OC)cc2)cc1. The summed E-state index contributed by atoms with van der Waals surface area (Å²) in [7, 11) is 5.33. The van der Waals surface area contributed by atoms with E-state index in [0.717, 1.165) is 22.6 Å². The van der Waals surface area contributed by atoms with Gasteiger partial charge in [-0.2, -0.15) is 9.78 Å². The number of aromatic amines is 1. The van der Waals surface area contributed by atoms with E-state index in [1.165, 1.54) is 0 Å². The van der Waals surface area contributed by atoms with E-state index in [1.807, 2.05) is 67.5 Å². The van der Waals surface area contributed by atoms with Gasteiger partial charge in [0.05, 0.1) is 13.7 Å². The van der Waals surface area contributed by atoms with Crippen LogP contribution >= 0.6 is 0 Å². The Kier molecular flexibility index (Phi) is 5.73. The lowest BCUT2D eigenvalue weighted by Gasteiger charge is -2.16. The van der Waals surface area contributed by atoms with Gasteiger partial charge in [0.1, 0.15) is 5.75 Å². The first kappa shape index (κ1) is 19.2. The summed E-state index contributed by atoms with van der Waals surface area (Å²) in [5, 5.41) is 28.3. The highest BCUT2D eigenvalue weighted by Gasteiger charge is 2.17. The van der Waals surface area contributed by atoms with Crippen LogP contribution in [0.2, 0.25) is 0 Å². The van der Waals surface area contributed by atoms with Crippen molar-refractivity contribution in [3.05, 3.63) is 75.7 Å². The molecule has 28 heavy (non-hydrogen) atoms. The fraction of sp³-hybridized carbons (Fsp3) is 0.263. The number of anilines is 2. The van der Waals surface area contributed by atoms with E-state index >= 15 is 0 Å². The smallest absolute Gasteiger partial charge is 0.413 e. The Morgan fingerprint density at radius 3 is 2.32 bits per heavy atom. The van der Waals surface area contributed by atoms with Crippen molar-refractivity contribution in [1.82, 2.24) is 19.7 Å². The maximum absolute atomic E-state index is 11.2. The number of rotatable bonds is 7. The van der Waals surface area contributed by atoms with Crippen LogP contribution in [0.15, 0.2) is 48.5 Å². The van der Waals surface area contributed by atoms with Gasteiger partial charge in [0.2, 0.25) is 0 Å². The molecule has 9 heteroatoms. The third-order valence-electron chi connectivity index (χ3n) is 4.36. The van der Waals surface area contributed by atoms with Crippen LogP contribution in [-0.4, -0.2) is 36.0 Å². The molecule has 0 radical (unpaired) electrons. The molecular weight excluding hydrogens is 360 g/mol. The highest BCUT2D eigenvalue weighted by molar-refractivity contribution is 5.44. The van der Waals surface area contributed by atoms with Crippen LogP contribution in [0.4, 0.5) is 11.6 Å². The zero-order valence-corrected chi connectivity index (χ0v) is 16.0. The molecule has 1 aromatic heterocycles. The molecule has 148 valence electrons. The molecule has 0 saturated heterocycles. The number of nitrogens with one attached hydrogen (secondary N) is 2. The Balaban J connectivity index is 1.86. The number of aromatic nitrogens is 3. The molecule has 0 aliphatic carbocycles. The molecular formula is C19H23N6O3-. The maximum atomic E-state index is 11.2. The lowest BCUT2D eigenvalue weighted by Crippen LogP contribution is -2.23. The lowest BCUT2D eigenvalue weighted by molar-refractivity contribution is 0.414. The van der Waals surface area contributed by atoms with Gasteiger partial charge in [-0.25, -0.2) is 0 Å². The Morgan fingerprint density at radius 1 is 1.11 bits per heavy atom. The van der Waals surface area contributed by atoms with E-state index in [0.29, 0.717) is 19.0 Å². The molecule has 0 bridgehead atoms. The maximum Gasteiger partial charge on any atom is 0.413 e. The van der Waals surface area contributed by atoms with Crippen molar-refractivity contribution >= 4 is 11.6 Å². The summed E-state index contributed by atoms with van der Waals surface area (Å²) in [5.41, 5.74) is 2.75. The summed E-state index contributed by atoms with van der Waals surface area (Å²) >= 11 is 0. The molecule has 3 rings (SSSR count). The van der Waals surface area contributed by atoms with Crippen LogP contribution in [-0.2, 0) is 13.1 Å². The van der Waals surface area contributed by atoms with Crippen LogP contribution in [0.1, 0.15) is 11.1 Å².